The minimum absolute atomic E-state index is 0.0606. The fourth-order valence-electron chi connectivity index (χ4n) is 3.02. The number of nitrogens with zero attached hydrogens (tertiary/aromatic N) is 1. The van der Waals surface area contributed by atoms with Crippen LogP contribution in [0.4, 0.5) is 0 Å². The number of carbonyl (C=O) groups is 2. The lowest BCUT2D eigenvalue weighted by molar-refractivity contribution is -0.151. The smallest absolute Gasteiger partial charge is 0.323 e. The highest BCUT2D eigenvalue weighted by Gasteiger charge is 2.35. The summed E-state index contributed by atoms with van der Waals surface area (Å²) >= 11 is 0. The van der Waals surface area contributed by atoms with E-state index in [-0.39, 0.29) is 18.5 Å². The van der Waals surface area contributed by atoms with Crippen LogP contribution < -0.4 is 0 Å². The molecule has 0 bridgehead atoms. The molecule has 1 atom stereocenters. The third-order valence-corrected chi connectivity index (χ3v) is 4.13. The topological polar surface area (TPSA) is 71.6 Å². The van der Waals surface area contributed by atoms with E-state index in [2.05, 4.69) is 4.98 Å². The molecule has 0 saturated carbocycles. The number of fused-ring (bicyclic) bond motifs is 3. The van der Waals surface area contributed by atoms with Crippen molar-refractivity contribution in [2.45, 2.75) is 19.0 Å². The molecule has 0 unspecified atom stereocenters. The van der Waals surface area contributed by atoms with E-state index in [1.54, 1.807) is 4.90 Å². The number of rotatable bonds is 3. The molecule has 1 aromatic heterocycles. The lowest BCUT2D eigenvalue weighted by Gasteiger charge is -2.32. The molecule has 0 radical (unpaired) electrons. The van der Waals surface area contributed by atoms with Crippen LogP contribution in [-0.4, -0.2) is 48.6 Å². The third-order valence-electron chi connectivity index (χ3n) is 4.13. The summed E-state index contributed by atoms with van der Waals surface area (Å²) in [6.07, 6.45) is 0.517. The van der Waals surface area contributed by atoms with Crippen LogP contribution in [0.3, 0.4) is 0 Å². The average Bonchev–Trinajstić information content (AvgIpc) is 2.90. The first-order valence-corrected chi connectivity index (χ1v) is 7.11. The Morgan fingerprint density at radius 3 is 2.77 bits per heavy atom. The predicted molar refractivity (Wildman–Crippen MR) is 80.2 cm³/mol. The Hall–Kier alpha value is -2.34. The zero-order valence-electron chi connectivity index (χ0n) is 12.6. The molecule has 0 saturated heterocycles. The summed E-state index contributed by atoms with van der Waals surface area (Å²) in [6, 6.07) is 7.51. The fraction of sp³-hybridized carbons (Fsp3) is 0.375. The van der Waals surface area contributed by atoms with E-state index in [1.807, 2.05) is 24.3 Å². The van der Waals surface area contributed by atoms with Gasteiger partial charge in [0.15, 0.2) is 0 Å². The molecule has 0 spiro atoms. The molecule has 0 amide bonds. The monoisotopic (exact) mass is 302 g/mol. The number of ether oxygens (including phenoxy) is 2. The van der Waals surface area contributed by atoms with Gasteiger partial charge >= 0.3 is 11.9 Å². The maximum absolute atomic E-state index is 12.1. The molecule has 6 nitrogen and oxygen atoms in total. The van der Waals surface area contributed by atoms with Crippen LogP contribution in [0.5, 0.6) is 0 Å². The molecule has 2 aromatic rings. The van der Waals surface area contributed by atoms with E-state index in [1.165, 1.54) is 14.2 Å². The second-order valence-corrected chi connectivity index (χ2v) is 5.35. The van der Waals surface area contributed by atoms with Crippen LogP contribution in [0.15, 0.2) is 24.3 Å². The molecule has 2 heterocycles. The van der Waals surface area contributed by atoms with E-state index in [0.717, 1.165) is 22.2 Å². The summed E-state index contributed by atoms with van der Waals surface area (Å²) in [7, 11) is 2.71. The zero-order valence-corrected chi connectivity index (χ0v) is 12.6. The minimum atomic E-state index is -0.476. The summed E-state index contributed by atoms with van der Waals surface area (Å²) in [6.45, 7) is 0.546. The van der Waals surface area contributed by atoms with Crippen LogP contribution in [0.2, 0.25) is 0 Å². The Morgan fingerprint density at radius 2 is 2.05 bits per heavy atom. The molecule has 1 aliphatic rings. The highest BCUT2D eigenvalue weighted by Crippen LogP contribution is 2.30. The molecule has 3 rings (SSSR count). The first kappa shape index (κ1) is 14.6. The van der Waals surface area contributed by atoms with Crippen molar-refractivity contribution in [2.75, 3.05) is 20.8 Å². The van der Waals surface area contributed by atoms with E-state index in [4.69, 9.17) is 9.47 Å². The van der Waals surface area contributed by atoms with Crippen molar-refractivity contribution in [2.24, 2.45) is 0 Å². The van der Waals surface area contributed by atoms with Crippen LogP contribution in [0.1, 0.15) is 11.3 Å². The van der Waals surface area contributed by atoms with Gasteiger partial charge in [-0.15, -0.1) is 0 Å². The Labute approximate surface area is 128 Å². The van der Waals surface area contributed by atoms with Gasteiger partial charge in [0, 0.05) is 29.6 Å². The lowest BCUT2D eigenvalue weighted by Crippen LogP contribution is -2.48. The minimum Gasteiger partial charge on any atom is -0.468 e. The van der Waals surface area contributed by atoms with Crippen molar-refractivity contribution < 1.29 is 19.1 Å². The van der Waals surface area contributed by atoms with Crippen molar-refractivity contribution in [3.05, 3.63) is 35.5 Å². The molecule has 1 aromatic carbocycles. The molecular weight excluding hydrogens is 284 g/mol. The van der Waals surface area contributed by atoms with Gasteiger partial charge in [0.2, 0.25) is 0 Å². The molecular formula is C16H18N2O4. The van der Waals surface area contributed by atoms with Crippen LogP contribution in [0, 0.1) is 0 Å². The first-order chi connectivity index (χ1) is 10.6. The average molecular weight is 302 g/mol. The Balaban J connectivity index is 1.98. The second kappa shape index (κ2) is 5.81. The van der Waals surface area contributed by atoms with E-state index in [9.17, 15) is 9.59 Å². The highest BCUT2D eigenvalue weighted by atomic mass is 16.5. The van der Waals surface area contributed by atoms with Crippen molar-refractivity contribution in [1.29, 1.82) is 0 Å². The summed E-state index contributed by atoms with van der Waals surface area (Å²) < 4.78 is 9.61. The fourth-order valence-corrected chi connectivity index (χ4v) is 3.02. The van der Waals surface area contributed by atoms with Crippen LogP contribution in [0.25, 0.3) is 10.9 Å². The quantitative estimate of drug-likeness (QED) is 0.864. The summed E-state index contributed by atoms with van der Waals surface area (Å²) in [5.41, 5.74) is 3.19. The van der Waals surface area contributed by atoms with Gasteiger partial charge in [-0.05, 0) is 11.6 Å². The summed E-state index contributed by atoms with van der Waals surface area (Å²) in [5, 5.41) is 1.11. The van der Waals surface area contributed by atoms with E-state index >= 15 is 0 Å². The van der Waals surface area contributed by atoms with Gasteiger partial charge < -0.3 is 14.5 Å². The van der Waals surface area contributed by atoms with Crippen molar-refractivity contribution in [3.8, 4) is 0 Å². The largest absolute Gasteiger partial charge is 0.468 e. The maximum atomic E-state index is 12.1. The van der Waals surface area contributed by atoms with E-state index in [0.29, 0.717) is 13.0 Å². The summed E-state index contributed by atoms with van der Waals surface area (Å²) in [5.74, 6) is -0.701. The number of aromatic nitrogens is 1. The molecule has 116 valence electrons. The standard InChI is InChI=1S/C16H18N2O4/c1-21-15(19)9-18-8-13-11(7-14(18)16(20)22-2)10-5-3-4-6-12(10)17-13/h3-6,14,17H,7-9H2,1-2H3/t14-/m1/s1. The number of nitrogens with one attached hydrogen (secondary N) is 1. The number of esters is 2. The number of carbonyl (C=O) groups excluding carboxylic acids is 2. The number of para-hydroxylation sites is 1. The molecule has 6 heteroatoms. The van der Waals surface area contributed by atoms with Crippen molar-refractivity contribution in [3.63, 3.8) is 0 Å². The number of H-pyrrole nitrogens is 1. The number of methoxy groups -OCH3 is 2. The van der Waals surface area contributed by atoms with E-state index < -0.39 is 6.04 Å². The third kappa shape index (κ3) is 2.46. The SMILES string of the molecule is COC(=O)CN1Cc2[nH]c3ccccc3c2C[C@@H]1C(=O)OC. The number of aromatic amines is 1. The number of hydrogen-bond acceptors (Lipinski definition) is 5. The van der Waals surface area contributed by atoms with Gasteiger partial charge in [-0.25, -0.2) is 0 Å². The molecule has 1 N–H and O–H groups in total. The molecule has 0 fully saturated rings. The maximum Gasteiger partial charge on any atom is 0.323 e. The van der Waals surface area contributed by atoms with Gasteiger partial charge in [-0.2, -0.15) is 0 Å². The predicted octanol–water partition coefficient (Wildman–Crippen LogP) is 1.24. The number of benzene rings is 1. The molecule has 22 heavy (non-hydrogen) atoms. The van der Waals surface area contributed by atoms with Crippen molar-refractivity contribution in [1.82, 2.24) is 9.88 Å². The van der Waals surface area contributed by atoms with Gasteiger partial charge in [-0.3, -0.25) is 14.5 Å². The highest BCUT2D eigenvalue weighted by molar-refractivity contribution is 5.87. The normalized spacial score (nSPS) is 18.0. The van der Waals surface area contributed by atoms with Gasteiger partial charge in [-0.1, -0.05) is 18.2 Å². The Bertz CT molecular complexity index is 722. The van der Waals surface area contributed by atoms with Gasteiger partial charge in [0.1, 0.15) is 6.04 Å². The Kier molecular flexibility index (Phi) is 3.85. The summed E-state index contributed by atoms with van der Waals surface area (Å²) in [4.78, 5) is 28.8. The number of hydrogen-bond donors (Lipinski definition) is 1. The van der Waals surface area contributed by atoms with Crippen molar-refractivity contribution >= 4 is 22.8 Å². The van der Waals surface area contributed by atoms with Crippen LogP contribution >= 0.6 is 0 Å². The molecule has 1 aliphatic heterocycles. The second-order valence-electron chi connectivity index (χ2n) is 5.35. The zero-order chi connectivity index (χ0) is 15.7. The first-order valence-electron chi connectivity index (χ1n) is 7.11. The lowest BCUT2D eigenvalue weighted by atomic mass is 9.96. The van der Waals surface area contributed by atoms with Gasteiger partial charge in [0.05, 0.1) is 20.8 Å². The van der Waals surface area contributed by atoms with Gasteiger partial charge in [0.25, 0.3) is 0 Å². The van der Waals surface area contributed by atoms with Crippen LogP contribution in [-0.2, 0) is 32.0 Å². The Morgan fingerprint density at radius 1 is 1.27 bits per heavy atom. The molecule has 0 aliphatic carbocycles.